The maximum atomic E-state index is 5.76. The highest BCUT2D eigenvalue weighted by molar-refractivity contribution is 7.99. The lowest BCUT2D eigenvalue weighted by Gasteiger charge is -2.21. The molecule has 0 aliphatic carbocycles. The van der Waals surface area contributed by atoms with Crippen molar-refractivity contribution < 1.29 is 9.47 Å². The van der Waals surface area contributed by atoms with Crippen LogP contribution in [0.15, 0.2) is 23.4 Å². The second-order valence-corrected chi connectivity index (χ2v) is 6.34. The van der Waals surface area contributed by atoms with Crippen molar-refractivity contribution in [1.29, 1.82) is 0 Å². The molecule has 0 N–H and O–H groups in total. The Bertz CT molecular complexity index is 626. The molecule has 0 spiro atoms. The first kappa shape index (κ1) is 15.3. The van der Waals surface area contributed by atoms with Gasteiger partial charge < -0.3 is 9.47 Å². The van der Waals surface area contributed by atoms with Gasteiger partial charge in [0, 0.05) is 12.4 Å². The summed E-state index contributed by atoms with van der Waals surface area (Å²) in [5.74, 6) is 1.63. The lowest BCUT2D eigenvalue weighted by molar-refractivity contribution is 0.0315. The van der Waals surface area contributed by atoms with Crippen molar-refractivity contribution in [2.75, 3.05) is 19.5 Å². The average Bonchev–Trinajstić information content (AvgIpc) is 3.02. The highest BCUT2D eigenvalue weighted by Gasteiger charge is 2.18. The van der Waals surface area contributed by atoms with E-state index in [1.165, 1.54) is 12.8 Å². The Labute approximate surface area is 134 Å². The van der Waals surface area contributed by atoms with Crippen LogP contribution in [0.5, 0.6) is 5.75 Å². The molecule has 0 unspecified atom stereocenters. The van der Waals surface area contributed by atoms with Gasteiger partial charge in [-0.1, -0.05) is 17.8 Å². The summed E-state index contributed by atoms with van der Waals surface area (Å²) in [5.41, 5.74) is 2.00. The minimum absolute atomic E-state index is 0.295. The molecule has 1 aliphatic rings. The van der Waals surface area contributed by atoms with Gasteiger partial charge in [0.25, 0.3) is 0 Å². The Morgan fingerprint density at radius 2 is 2.32 bits per heavy atom. The molecule has 7 heteroatoms. The number of hydrogen-bond acceptors (Lipinski definition) is 6. The van der Waals surface area contributed by atoms with Crippen molar-refractivity contribution >= 4 is 11.8 Å². The Morgan fingerprint density at radius 1 is 1.41 bits per heavy atom. The zero-order chi connectivity index (χ0) is 15.4. The van der Waals surface area contributed by atoms with Crippen LogP contribution in [0.25, 0.3) is 5.69 Å². The average molecular weight is 320 g/mol. The number of aryl methyl sites for hydroxylation is 1. The van der Waals surface area contributed by atoms with Crippen molar-refractivity contribution in [2.45, 2.75) is 37.4 Å². The van der Waals surface area contributed by atoms with E-state index in [2.05, 4.69) is 15.5 Å². The molecular weight excluding hydrogens is 300 g/mol. The maximum Gasteiger partial charge on any atom is 0.214 e. The van der Waals surface area contributed by atoms with E-state index < -0.39 is 0 Å². The molecule has 0 bridgehead atoms. The predicted molar refractivity (Wildman–Crippen MR) is 84.8 cm³/mol. The third kappa shape index (κ3) is 3.41. The van der Waals surface area contributed by atoms with Crippen LogP contribution >= 0.6 is 11.8 Å². The van der Waals surface area contributed by atoms with Gasteiger partial charge in [-0.25, -0.2) is 0 Å². The zero-order valence-electron chi connectivity index (χ0n) is 12.9. The number of methoxy groups -OCH3 is 1. The Hall–Kier alpha value is -1.60. The summed E-state index contributed by atoms with van der Waals surface area (Å²) in [5, 5.41) is 12.8. The van der Waals surface area contributed by atoms with E-state index in [1.54, 1.807) is 23.6 Å². The third-order valence-electron chi connectivity index (χ3n) is 3.68. The molecule has 1 aliphatic heterocycles. The zero-order valence-corrected chi connectivity index (χ0v) is 13.7. The fraction of sp³-hybridized carbons (Fsp3) is 0.533. The molecule has 0 radical (unpaired) electrons. The van der Waals surface area contributed by atoms with Gasteiger partial charge in [0.2, 0.25) is 5.16 Å². The second-order valence-electron chi connectivity index (χ2n) is 5.35. The van der Waals surface area contributed by atoms with Crippen LogP contribution in [0, 0.1) is 6.92 Å². The normalized spacial score (nSPS) is 18.4. The third-order valence-corrected chi connectivity index (χ3v) is 4.73. The smallest absolute Gasteiger partial charge is 0.214 e. The fourth-order valence-corrected chi connectivity index (χ4v) is 3.44. The number of hydrogen-bond donors (Lipinski definition) is 0. The number of tetrazole rings is 1. The molecule has 3 rings (SSSR count). The molecule has 1 aromatic carbocycles. The molecule has 1 saturated heterocycles. The van der Waals surface area contributed by atoms with Gasteiger partial charge in [0.15, 0.2) is 0 Å². The quantitative estimate of drug-likeness (QED) is 0.789. The Morgan fingerprint density at radius 3 is 3.09 bits per heavy atom. The molecular formula is C15H20N4O2S. The summed E-state index contributed by atoms with van der Waals surface area (Å²) in [6.45, 7) is 2.90. The first-order valence-electron chi connectivity index (χ1n) is 7.45. The second kappa shape index (κ2) is 7.11. The number of rotatable bonds is 5. The molecule has 22 heavy (non-hydrogen) atoms. The molecule has 2 aromatic rings. The predicted octanol–water partition coefficient (Wildman–Crippen LogP) is 2.64. The van der Waals surface area contributed by atoms with Crippen molar-refractivity contribution in [1.82, 2.24) is 20.2 Å². The van der Waals surface area contributed by atoms with Crippen molar-refractivity contribution in [3.63, 3.8) is 0 Å². The number of thioether (sulfide) groups is 1. The van der Waals surface area contributed by atoms with Crippen LogP contribution in [0.2, 0.25) is 0 Å². The lowest BCUT2D eigenvalue weighted by atomic mass is 10.1. The summed E-state index contributed by atoms with van der Waals surface area (Å²) < 4.78 is 12.9. The summed E-state index contributed by atoms with van der Waals surface area (Å²) >= 11 is 1.63. The lowest BCUT2D eigenvalue weighted by Crippen LogP contribution is -2.21. The highest BCUT2D eigenvalue weighted by Crippen LogP contribution is 2.28. The van der Waals surface area contributed by atoms with Crippen LogP contribution < -0.4 is 4.74 Å². The highest BCUT2D eigenvalue weighted by atomic mass is 32.2. The van der Waals surface area contributed by atoms with Crippen LogP contribution in [0.1, 0.15) is 24.8 Å². The molecule has 6 nitrogen and oxygen atoms in total. The molecule has 1 atom stereocenters. The van der Waals surface area contributed by atoms with Gasteiger partial charge in [0.1, 0.15) is 11.4 Å². The van der Waals surface area contributed by atoms with Crippen LogP contribution in [0.3, 0.4) is 0 Å². The van der Waals surface area contributed by atoms with Gasteiger partial charge >= 0.3 is 0 Å². The van der Waals surface area contributed by atoms with Crippen molar-refractivity contribution in [3.05, 3.63) is 23.8 Å². The SMILES string of the molecule is COc1ccc(C)cc1-n1nnnc1SC[C@@H]1CCCCO1. The Kier molecular flexibility index (Phi) is 4.94. The summed E-state index contributed by atoms with van der Waals surface area (Å²) in [6.07, 6.45) is 3.81. The minimum Gasteiger partial charge on any atom is -0.494 e. The van der Waals surface area contributed by atoms with Crippen molar-refractivity contribution in [3.8, 4) is 11.4 Å². The Balaban J connectivity index is 1.78. The molecule has 0 saturated carbocycles. The summed E-state index contributed by atoms with van der Waals surface area (Å²) in [6, 6.07) is 5.97. The van der Waals surface area contributed by atoms with Crippen molar-refractivity contribution in [2.24, 2.45) is 0 Å². The van der Waals surface area contributed by atoms with E-state index >= 15 is 0 Å². The fourth-order valence-electron chi connectivity index (χ4n) is 2.49. The monoisotopic (exact) mass is 320 g/mol. The van der Waals surface area contributed by atoms with E-state index in [-0.39, 0.29) is 0 Å². The summed E-state index contributed by atoms with van der Waals surface area (Å²) in [7, 11) is 1.65. The van der Waals surface area contributed by atoms with Gasteiger partial charge in [-0.2, -0.15) is 4.68 Å². The molecule has 1 aromatic heterocycles. The van der Waals surface area contributed by atoms with E-state index in [4.69, 9.17) is 9.47 Å². The minimum atomic E-state index is 0.295. The van der Waals surface area contributed by atoms with Crippen LogP contribution in [-0.2, 0) is 4.74 Å². The molecule has 2 heterocycles. The van der Waals surface area contributed by atoms with Gasteiger partial charge in [-0.3, -0.25) is 0 Å². The van der Waals surface area contributed by atoms with Crippen LogP contribution in [0.4, 0.5) is 0 Å². The van der Waals surface area contributed by atoms with E-state index in [9.17, 15) is 0 Å². The van der Waals surface area contributed by atoms with E-state index in [0.717, 1.165) is 40.9 Å². The topological polar surface area (TPSA) is 62.1 Å². The first-order valence-corrected chi connectivity index (χ1v) is 8.44. The van der Waals surface area contributed by atoms with Gasteiger partial charge in [-0.05, 0) is 54.3 Å². The van der Waals surface area contributed by atoms with E-state index in [1.807, 2.05) is 25.1 Å². The molecule has 1 fully saturated rings. The van der Waals surface area contributed by atoms with Crippen LogP contribution in [-0.4, -0.2) is 45.8 Å². The van der Waals surface area contributed by atoms with Gasteiger partial charge in [-0.15, -0.1) is 5.10 Å². The largest absolute Gasteiger partial charge is 0.494 e. The molecule has 0 amide bonds. The first-order chi connectivity index (χ1) is 10.8. The van der Waals surface area contributed by atoms with Gasteiger partial charge in [0.05, 0.1) is 13.2 Å². The van der Waals surface area contributed by atoms with E-state index in [0.29, 0.717) is 6.10 Å². The maximum absolute atomic E-state index is 5.76. The number of benzene rings is 1. The number of aromatic nitrogens is 4. The molecule has 118 valence electrons. The summed E-state index contributed by atoms with van der Waals surface area (Å²) in [4.78, 5) is 0. The standard InChI is InChI=1S/C15H20N4O2S/c1-11-6-7-14(20-2)13(9-11)19-15(16-17-18-19)22-10-12-5-3-4-8-21-12/h6-7,9,12H,3-5,8,10H2,1-2H3/t12-/m0/s1. The number of nitrogens with zero attached hydrogens (tertiary/aromatic N) is 4. The number of ether oxygens (including phenoxy) is 2.